The first kappa shape index (κ1) is 16.9. The zero-order valence-electron chi connectivity index (χ0n) is 14.1. The first-order valence-corrected chi connectivity index (χ1v) is 9.48. The molecule has 2 aromatic heterocycles. The number of amides is 1. The van der Waals surface area contributed by atoms with Crippen molar-refractivity contribution >= 4 is 23.1 Å². The van der Waals surface area contributed by atoms with Crippen LogP contribution in [0.5, 0.6) is 0 Å². The molecule has 0 aromatic carbocycles. The molecule has 3 rings (SSSR count). The van der Waals surface area contributed by atoms with Crippen molar-refractivity contribution in [2.24, 2.45) is 0 Å². The lowest BCUT2D eigenvalue weighted by Gasteiger charge is -2.31. The highest BCUT2D eigenvalue weighted by Crippen LogP contribution is 2.08. The van der Waals surface area contributed by atoms with E-state index in [9.17, 15) is 4.79 Å². The molecule has 128 valence electrons. The number of pyridine rings is 1. The number of hydrogen-bond acceptors (Lipinski definition) is 3. The van der Waals surface area contributed by atoms with E-state index >= 15 is 0 Å². The molecule has 0 unspecified atom stereocenters. The maximum Gasteiger partial charge on any atom is 0.278 e. The number of carbonyl (C=O) groups is 1. The van der Waals surface area contributed by atoms with E-state index in [-0.39, 0.29) is 11.9 Å². The first-order chi connectivity index (χ1) is 11.7. The summed E-state index contributed by atoms with van der Waals surface area (Å²) in [6, 6.07) is 10.3. The number of anilines is 1. The Labute approximate surface area is 147 Å². The van der Waals surface area contributed by atoms with Crippen LogP contribution < -0.4 is 20.1 Å². The molecule has 1 atom stereocenters. The highest BCUT2D eigenvalue weighted by molar-refractivity contribution is 7.09. The molecule has 1 fully saturated rings. The molecule has 6 heteroatoms. The van der Waals surface area contributed by atoms with Crippen LogP contribution in [-0.4, -0.2) is 44.7 Å². The number of nitrogens with zero attached hydrogens (tertiary/aromatic N) is 1. The number of nitrogens with one attached hydrogen (secondary N) is 3. The fourth-order valence-corrected chi connectivity index (χ4v) is 3.86. The number of H-pyrrole nitrogens is 1. The summed E-state index contributed by atoms with van der Waals surface area (Å²) in [6.45, 7) is 6.69. The molecule has 0 bridgehead atoms. The second kappa shape index (κ2) is 8.26. The van der Waals surface area contributed by atoms with E-state index in [4.69, 9.17) is 0 Å². The number of thiophene rings is 1. The topological polar surface area (TPSA) is 50.9 Å². The minimum absolute atomic E-state index is 0.00948. The minimum atomic E-state index is 0.00948. The quantitative estimate of drug-likeness (QED) is 0.775. The van der Waals surface area contributed by atoms with Crippen LogP contribution in [0.2, 0.25) is 0 Å². The van der Waals surface area contributed by atoms with Crippen LogP contribution in [-0.2, 0) is 11.2 Å². The Morgan fingerprint density at radius 1 is 1.33 bits per heavy atom. The van der Waals surface area contributed by atoms with Crippen LogP contribution in [0.15, 0.2) is 41.9 Å². The highest BCUT2D eigenvalue weighted by atomic mass is 32.1. The number of hydrogen-bond donors (Lipinski definition) is 2. The van der Waals surface area contributed by atoms with Gasteiger partial charge in [0.1, 0.15) is 26.2 Å². The van der Waals surface area contributed by atoms with E-state index in [0.717, 1.165) is 45.0 Å². The monoisotopic (exact) mass is 346 g/mol. The van der Waals surface area contributed by atoms with Gasteiger partial charge in [-0.1, -0.05) is 12.1 Å². The average Bonchev–Trinajstić information content (AvgIpc) is 3.15. The van der Waals surface area contributed by atoms with E-state index in [1.165, 1.54) is 9.78 Å². The fraction of sp³-hybridized carbons (Fsp3) is 0.444. The van der Waals surface area contributed by atoms with Crippen molar-refractivity contribution < 1.29 is 14.7 Å². The van der Waals surface area contributed by atoms with Gasteiger partial charge in [-0.05, 0) is 30.9 Å². The zero-order chi connectivity index (χ0) is 16.8. The Morgan fingerprint density at radius 3 is 2.83 bits per heavy atom. The number of quaternary nitrogens is 1. The molecule has 24 heavy (non-hydrogen) atoms. The van der Waals surface area contributed by atoms with Crippen molar-refractivity contribution in [3.05, 3.63) is 46.8 Å². The minimum Gasteiger partial charge on any atom is -0.351 e. The van der Waals surface area contributed by atoms with E-state index in [0.29, 0.717) is 0 Å². The lowest BCUT2D eigenvalue weighted by Crippen LogP contribution is -3.19. The van der Waals surface area contributed by atoms with Gasteiger partial charge in [-0.15, -0.1) is 11.3 Å². The molecule has 5 nitrogen and oxygen atoms in total. The lowest BCUT2D eigenvalue weighted by atomic mass is 10.2. The van der Waals surface area contributed by atoms with Gasteiger partial charge in [0.25, 0.3) is 11.7 Å². The number of aromatic nitrogens is 1. The van der Waals surface area contributed by atoms with Crippen molar-refractivity contribution in [1.82, 2.24) is 5.32 Å². The van der Waals surface area contributed by atoms with Gasteiger partial charge in [-0.25, -0.2) is 4.98 Å². The van der Waals surface area contributed by atoms with Crippen LogP contribution in [0.4, 0.5) is 5.82 Å². The molecule has 0 saturated carbocycles. The van der Waals surface area contributed by atoms with Crippen molar-refractivity contribution in [2.45, 2.75) is 19.4 Å². The van der Waals surface area contributed by atoms with E-state index < -0.39 is 0 Å². The van der Waals surface area contributed by atoms with Crippen LogP contribution >= 0.6 is 11.3 Å². The molecule has 1 amide bonds. The fourth-order valence-electron chi connectivity index (χ4n) is 3.15. The summed E-state index contributed by atoms with van der Waals surface area (Å²) in [4.78, 5) is 20.7. The van der Waals surface area contributed by atoms with Crippen molar-refractivity contribution in [3.8, 4) is 0 Å². The van der Waals surface area contributed by atoms with Gasteiger partial charge in [0.2, 0.25) is 0 Å². The summed E-state index contributed by atoms with van der Waals surface area (Å²) in [5.41, 5.74) is 0. The second-order valence-corrected chi connectivity index (χ2v) is 7.27. The maximum absolute atomic E-state index is 12.4. The molecule has 1 aliphatic heterocycles. The number of piperazine rings is 1. The molecular weight excluding hydrogens is 320 g/mol. The Bertz CT molecular complexity index is 624. The van der Waals surface area contributed by atoms with Gasteiger partial charge in [-0.2, -0.15) is 0 Å². The van der Waals surface area contributed by atoms with Gasteiger partial charge >= 0.3 is 0 Å². The summed E-state index contributed by atoms with van der Waals surface area (Å²) >= 11 is 1.74. The average molecular weight is 347 g/mol. The predicted octanol–water partition coefficient (Wildman–Crippen LogP) is 0.0145. The molecular formula is C18H26N4OS+2. The Morgan fingerprint density at radius 2 is 2.17 bits per heavy atom. The first-order valence-electron chi connectivity index (χ1n) is 8.60. The van der Waals surface area contributed by atoms with Crippen molar-refractivity contribution in [3.63, 3.8) is 0 Å². The van der Waals surface area contributed by atoms with E-state index in [1.54, 1.807) is 11.3 Å². The van der Waals surface area contributed by atoms with Crippen molar-refractivity contribution in [2.75, 3.05) is 37.6 Å². The molecule has 3 N–H and O–H groups in total. The number of aromatic amines is 1. The molecule has 2 aromatic rings. The standard InChI is InChI=1S/C18H24N4OS/c1-15(18(23)20-9-7-16-5-4-14-24-16)21-10-12-22(13-11-21)17-6-2-3-8-19-17/h2-6,8,14-15H,7,9-13H2,1H3,(H,20,23)/p+2/t15-/m0/s1. The SMILES string of the molecule is C[C@@H](C(=O)NCCc1cccs1)[NH+]1CCN(c2cccc[nH+]2)CC1. The third-order valence-electron chi connectivity index (χ3n) is 4.70. The summed E-state index contributed by atoms with van der Waals surface area (Å²) in [7, 11) is 0. The van der Waals surface area contributed by atoms with Crippen LogP contribution in [0.25, 0.3) is 0 Å². The van der Waals surface area contributed by atoms with Crippen LogP contribution in [0.3, 0.4) is 0 Å². The van der Waals surface area contributed by atoms with Crippen LogP contribution in [0.1, 0.15) is 11.8 Å². The Hall–Kier alpha value is -1.92. The largest absolute Gasteiger partial charge is 0.351 e. The van der Waals surface area contributed by atoms with Gasteiger partial charge < -0.3 is 10.2 Å². The van der Waals surface area contributed by atoms with Crippen LogP contribution in [0, 0.1) is 0 Å². The van der Waals surface area contributed by atoms with Gasteiger partial charge in [0, 0.05) is 17.5 Å². The van der Waals surface area contributed by atoms with Gasteiger partial charge in [0.15, 0.2) is 6.04 Å². The molecule has 0 aliphatic carbocycles. The Kier molecular flexibility index (Phi) is 5.82. The van der Waals surface area contributed by atoms with E-state index in [1.807, 2.05) is 19.2 Å². The summed E-state index contributed by atoms with van der Waals surface area (Å²) in [6.07, 6.45) is 2.88. The zero-order valence-corrected chi connectivity index (χ0v) is 14.9. The number of rotatable bonds is 6. The number of carbonyl (C=O) groups excluding carboxylic acids is 1. The van der Waals surface area contributed by atoms with E-state index in [2.05, 4.69) is 44.8 Å². The maximum atomic E-state index is 12.4. The molecule has 1 saturated heterocycles. The van der Waals surface area contributed by atoms with Crippen molar-refractivity contribution in [1.29, 1.82) is 0 Å². The normalized spacial score (nSPS) is 16.8. The second-order valence-electron chi connectivity index (χ2n) is 6.24. The van der Waals surface area contributed by atoms with Gasteiger partial charge in [-0.3, -0.25) is 9.69 Å². The Balaban J connectivity index is 1.42. The molecule has 0 spiro atoms. The van der Waals surface area contributed by atoms with Gasteiger partial charge in [0.05, 0.1) is 6.20 Å². The summed E-state index contributed by atoms with van der Waals surface area (Å²) in [5, 5.41) is 5.16. The third kappa shape index (κ3) is 4.33. The summed E-state index contributed by atoms with van der Waals surface area (Å²) in [5.74, 6) is 1.32. The molecule has 3 heterocycles. The molecule has 1 aliphatic rings. The molecule has 0 radical (unpaired) electrons. The third-order valence-corrected chi connectivity index (χ3v) is 5.63. The smallest absolute Gasteiger partial charge is 0.278 e. The summed E-state index contributed by atoms with van der Waals surface area (Å²) < 4.78 is 0. The highest BCUT2D eigenvalue weighted by Gasteiger charge is 2.32. The predicted molar refractivity (Wildman–Crippen MR) is 96.4 cm³/mol. The lowest BCUT2D eigenvalue weighted by molar-refractivity contribution is -0.914.